The Morgan fingerprint density at radius 1 is 0.923 bits per heavy atom. The maximum atomic E-state index is 2.43. The number of halogens is 2. The Kier molecular flexibility index (Phi) is 7.24. The Hall–Kier alpha value is -0.530. The van der Waals surface area contributed by atoms with Gasteiger partial charge in [0, 0.05) is 0 Å². The van der Waals surface area contributed by atoms with Crippen LogP contribution in [0.15, 0.2) is 54.1 Å². The third kappa shape index (κ3) is 3.35. The maximum Gasteiger partial charge on any atom is -1.00 e. The minimum Gasteiger partial charge on any atom is -1.00 e. The molecule has 131 valence electrons. The molecule has 0 aliphatic heterocycles. The van der Waals surface area contributed by atoms with Gasteiger partial charge in [-0.05, 0) is 0 Å². The van der Waals surface area contributed by atoms with Gasteiger partial charge in [-0.25, -0.2) is 0 Å². The van der Waals surface area contributed by atoms with Gasteiger partial charge in [0.2, 0.25) is 0 Å². The van der Waals surface area contributed by atoms with Gasteiger partial charge in [0.15, 0.2) is 0 Å². The van der Waals surface area contributed by atoms with Gasteiger partial charge in [-0.2, -0.15) is 0 Å². The predicted octanol–water partition coefficient (Wildman–Crippen LogP) is -1.29. The molecule has 0 unspecified atom stereocenters. The van der Waals surface area contributed by atoms with E-state index in [0.29, 0.717) is 0 Å². The summed E-state index contributed by atoms with van der Waals surface area (Å²) in [5.41, 5.74) is 6.25. The van der Waals surface area contributed by atoms with E-state index in [1.807, 2.05) is 0 Å². The SMILES string of the molecule is CCC1=C(c2c3c(ccc2=[Si](C)C)=c2ccccc2=[C]3[Zr+2])CC=C1.[Cl-].[Cl-]. The van der Waals surface area contributed by atoms with Crippen LogP contribution in [0.2, 0.25) is 13.1 Å². The number of fused-ring (bicyclic) bond motifs is 2. The predicted molar refractivity (Wildman–Crippen MR) is 100.0 cm³/mol. The first-order valence-corrected chi connectivity index (χ1v) is 12.4. The molecule has 0 nitrogen and oxygen atoms in total. The standard InChI is InChI=1S/C22H21Si.2ClH.Zr/c1-4-15-9-7-11-18(15)22-20-14-16-8-5-6-10-17(16)19(20)12-13-21(22)23(2)3;;;/h5-10,12-13H,4,11H2,1-3H3;2*1H;/q;;;+2/p-2. The molecule has 4 rings (SSSR count). The molecule has 0 heterocycles. The fraction of sp³-hybridized carbons (Fsp3) is 0.227. The molecule has 4 heteroatoms. The molecular formula is C22H21Cl2SiZr. The summed E-state index contributed by atoms with van der Waals surface area (Å²) in [5.74, 6) is 0. The largest absolute Gasteiger partial charge is 1.00 e. The summed E-state index contributed by atoms with van der Waals surface area (Å²) < 4.78 is 1.54. The molecule has 0 saturated heterocycles. The van der Waals surface area contributed by atoms with Crippen LogP contribution < -0.4 is 30.0 Å². The van der Waals surface area contributed by atoms with Crippen LogP contribution >= 0.6 is 0 Å². The third-order valence-electron chi connectivity index (χ3n) is 5.19. The van der Waals surface area contributed by atoms with Gasteiger partial charge >= 0.3 is 161 Å². The normalized spacial score (nSPS) is 14.0. The van der Waals surface area contributed by atoms with Gasteiger partial charge < -0.3 is 24.8 Å². The number of benzene rings is 2. The Morgan fingerprint density at radius 3 is 2.27 bits per heavy atom. The van der Waals surface area contributed by atoms with E-state index in [9.17, 15) is 0 Å². The summed E-state index contributed by atoms with van der Waals surface area (Å²) in [6, 6.07) is 13.8. The van der Waals surface area contributed by atoms with Gasteiger partial charge in [-0.1, -0.05) is 0 Å². The molecule has 2 aromatic rings. The van der Waals surface area contributed by atoms with Crippen molar-refractivity contribution in [3.8, 4) is 0 Å². The number of hydrogen-bond donors (Lipinski definition) is 0. The van der Waals surface area contributed by atoms with Crippen LogP contribution in [0.3, 0.4) is 0 Å². The summed E-state index contributed by atoms with van der Waals surface area (Å²) in [6.45, 7) is 7.14. The molecule has 0 fully saturated rings. The topological polar surface area (TPSA) is 0 Å². The van der Waals surface area contributed by atoms with Crippen molar-refractivity contribution >= 4 is 17.3 Å². The van der Waals surface area contributed by atoms with E-state index < -0.39 is 8.41 Å². The van der Waals surface area contributed by atoms with Crippen LogP contribution in [0.25, 0.3) is 8.85 Å². The van der Waals surface area contributed by atoms with Gasteiger partial charge in [0.1, 0.15) is 0 Å². The van der Waals surface area contributed by atoms with E-state index in [2.05, 4.69) is 68.6 Å². The summed E-state index contributed by atoms with van der Waals surface area (Å²) in [5, 5.41) is 4.33. The molecule has 0 bridgehead atoms. The summed E-state index contributed by atoms with van der Waals surface area (Å²) >= 11 is 1.53. The summed E-state index contributed by atoms with van der Waals surface area (Å²) in [4.78, 5) is 1.61. The quantitative estimate of drug-likeness (QED) is 0.475. The van der Waals surface area contributed by atoms with E-state index in [4.69, 9.17) is 0 Å². The van der Waals surface area contributed by atoms with Crippen LogP contribution in [-0.4, -0.2) is 8.41 Å². The first-order chi connectivity index (χ1) is 11.6. The smallest absolute Gasteiger partial charge is 1.00 e. The van der Waals surface area contributed by atoms with Crippen molar-refractivity contribution in [2.75, 3.05) is 0 Å². The fourth-order valence-corrected chi connectivity index (χ4v) is 6.40. The molecule has 0 N–H and O–H groups in total. The first kappa shape index (κ1) is 21.8. The molecule has 2 aromatic carbocycles. The molecule has 0 radical (unpaired) electrons. The second kappa shape index (κ2) is 8.65. The number of allylic oxidation sites excluding steroid dienone is 4. The number of hydrogen-bond acceptors (Lipinski definition) is 0. The van der Waals surface area contributed by atoms with Crippen LogP contribution in [0.4, 0.5) is 0 Å². The van der Waals surface area contributed by atoms with Crippen LogP contribution in [0, 0.1) is 15.3 Å². The van der Waals surface area contributed by atoms with Crippen molar-refractivity contribution in [3.05, 3.63) is 85.7 Å². The Balaban J connectivity index is 0.00000121. The first-order valence-electron chi connectivity index (χ1n) is 8.68. The zero-order valence-corrected chi connectivity index (χ0v) is 20.3. The Labute approximate surface area is 184 Å². The molecule has 2 aliphatic rings. The van der Waals surface area contributed by atoms with Gasteiger partial charge in [-0.3, -0.25) is 0 Å². The molecule has 0 saturated carbocycles. The summed E-state index contributed by atoms with van der Waals surface area (Å²) in [7, 11) is -0.505. The van der Waals surface area contributed by atoms with Crippen molar-refractivity contribution in [1.82, 2.24) is 0 Å². The van der Waals surface area contributed by atoms with Gasteiger partial charge in [-0.15, -0.1) is 0 Å². The molecule has 0 amide bonds. The van der Waals surface area contributed by atoms with Gasteiger partial charge in [0.25, 0.3) is 0 Å². The number of rotatable bonds is 2. The molecule has 26 heavy (non-hydrogen) atoms. The van der Waals surface area contributed by atoms with E-state index in [1.165, 1.54) is 45.9 Å². The third-order valence-corrected chi connectivity index (χ3v) is 7.96. The second-order valence-corrected chi connectivity index (χ2v) is 10.6. The fourth-order valence-electron chi connectivity index (χ4n) is 4.03. The molecule has 0 aromatic heterocycles. The van der Waals surface area contributed by atoms with Gasteiger partial charge in [0.05, 0.1) is 0 Å². The van der Waals surface area contributed by atoms with E-state index in [-0.39, 0.29) is 24.8 Å². The average molecular weight is 476 g/mol. The van der Waals surface area contributed by atoms with Crippen molar-refractivity contribution < 1.29 is 49.5 Å². The van der Waals surface area contributed by atoms with Crippen molar-refractivity contribution in [1.29, 1.82) is 0 Å². The zero-order valence-electron chi connectivity index (χ0n) is 15.3. The second-order valence-electron chi connectivity index (χ2n) is 6.80. The zero-order chi connectivity index (χ0) is 16.8. The minimum absolute atomic E-state index is 0. The van der Waals surface area contributed by atoms with Crippen LogP contribution in [0.5, 0.6) is 0 Å². The molecule has 2 aliphatic carbocycles. The maximum absolute atomic E-state index is 2.43. The van der Waals surface area contributed by atoms with Crippen LogP contribution in [-0.2, 0) is 24.7 Å². The van der Waals surface area contributed by atoms with Crippen molar-refractivity contribution in [3.63, 3.8) is 0 Å². The Morgan fingerprint density at radius 2 is 1.62 bits per heavy atom. The van der Waals surface area contributed by atoms with E-state index >= 15 is 0 Å². The van der Waals surface area contributed by atoms with Crippen molar-refractivity contribution in [2.24, 2.45) is 0 Å². The molecule has 0 atom stereocenters. The van der Waals surface area contributed by atoms with E-state index in [0.717, 1.165) is 12.8 Å². The molecular weight excluding hydrogens is 454 g/mol. The van der Waals surface area contributed by atoms with Crippen LogP contribution in [0.1, 0.15) is 30.9 Å². The van der Waals surface area contributed by atoms with Crippen molar-refractivity contribution in [2.45, 2.75) is 32.9 Å². The monoisotopic (exact) mass is 473 g/mol. The average Bonchev–Trinajstić information content (AvgIpc) is 3.18. The van der Waals surface area contributed by atoms with E-state index in [1.54, 1.807) is 24.8 Å². The summed E-state index contributed by atoms with van der Waals surface area (Å²) in [6.07, 6.45) is 6.92. The minimum atomic E-state index is -0.505. The molecule has 0 spiro atoms. The Bertz CT molecular complexity index is 1140.